The van der Waals surface area contributed by atoms with Crippen LogP contribution in [0.4, 0.5) is 0 Å². The van der Waals surface area contributed by atoms with Crippen molar-refractivity contribution in [3.63, 3.8) is 0 Å². The predicted octanol–water partition coefficient (Wildman–Crippen LogP) is 1.46. The molecule has 10 heteroatoms. The van der Waals surface area contributed by atoms with Crippen molar-refractivity contribution in [3.05, 3.63) is 51.7 Å². The van der Waals surface area contributed by atoms with Crippen LogP contribution in [0, 0.1) is 24.1 Å². The van der Waals surface area contributed by atoms with Gasteiger partial charge in [-0.25, -0.2) is 18.6 Å². The molecule has 1 heterocycles. The van der Waals surface area contributed by atoms with Crippen LogP contribution >= 0.6 is 0 Å². The van der Waals surface area contributed by atoms with Crippen LogP contribution in [0.3, 0.4) is 0 Å². The van der Waals surface area contributed by atoms with E-state index in [4.69, 9.17) is 41.7 Å². The SMILES string of the molecule is CCCCOc1ccc(-c2cc(OCC)c3c(C)oc(C)c3c(=[O+]CC)c2)cc1OC.[O-][Cl+3]([O-])([O-])[O-]. The maximum atomic E-state index is 8.49. The minimum absolute atomic E-state index is 0.555. The van der Waals surface area contributed by atoms with Gasteiger partial charge < -0.3 is 18.6 Å². The highest BCUT2D eigenvalue weighted by atomic mass is 35.7. The Hall–Kier alpha value is -2.82. The Labute approximate surface area is 212 Å². The van der Waals surface area contributed by atoms with Gasteiger partial charge in [0.2, 0.25) is 0 Å². The van der Waals surface area contributed by atoms with Crippen LogP contribution in [-0.2, 0) is 0 Å². The number of hydrogen-bond donors (Lipinski definition) is 0. The number of rotatable bonds is 9. The molecule has 1 aromatic heterocycles. The number of unbranched alkanes of at least 4 members (excludes halogenated alkanes) is 1. The van der Waals surface area contributed by atoms with Crippen LogP contribution in [0.15, 0.2) is 39.2 Å². The molecule has 3 rings (SSSR count). The number of furan rings is 1. The molecule has 0 aliphatic heterocycles. The van der Waals surface area contributed by atoms with Crippen molar-refractivity contribution >= 4 is 10.8 Å². The van der Waals surface area contributed by atoms with E-state index in [1.165, 1.54) is 0 Å². The summed E-state index contributed by atoms with van der Waals surface area (Å²) in [6.45, 7) is 11.8. The molecule has 0 spiro atoms. The lowest BCUT2D eigenvalue weighted by atomic mass is 10.1. The molecule has 2 aromatic carbocycles. The second-order valence-electron chi connectivity index (χ2n) is 7.75. The summed E-state index contributed by atoms with van der Waals surface area (Å²) in [5.41, 5.74) is 2.74. The highest BCUT2D eigenvalue weighted by Gasteiger charge is 2.20. The minimum atomic E-state index is -4.94. The molecule has 0 radical (unpaired) electrons. The topological polar surface area (TPSA) is 144 Å². The lowest BCUT2D eigenvalue weighted by Gasteiger charge is -2.17. The average molecular weight is 525 g/mol. The zero-order valence-corrected chi connectivity index (χ0v) is 22.2. The summed E-state index contributed by atoms with van der Waals surface area (Å²) in [7, 11) is -3.28. The van der Waals surface area contributed by atoms with Gasteiger partial charge in [0.1, 0.15) is 22.7 Å². The van der Waals surface area contributed by atoms with Crippen LogP contribution in [0.5, 0.6) is 17.2 Å². The van der Waals surface area contributed by atoms with Crippen molar-refractivity contribution in [2.24, 2.45) is 0 Å². The molecule has 0 aliphatic rings. The fourth-order valence-electron chi connectivity index (χ4n) is 3.74. The van der Waals surface area contributed by atoms with Crippen molar-refractivity contribution in [3.8, 4) is 28.4 Å². The van der Waals surface area contributed by atoms with Gasteiger partial charge in [0.25, 0.3) is 6.61 Å². The first-order valence-electron chi connectivity index (χ1n) is 11.6. The van der Waals surface area contributed by atoms with E-state index in [-0.39, 0.29) is 0 Å². The number of ether oxygens (including phenoxy) is 3. The lowest BCUT2D eigenvalue weighted by molar-refractivity contribution is -2.00. The molecule has 9 nitrogen and oxygen atoms in total. The first kappa shape index (κ1) is 29.4. The quantitative estimate of drug-likeness (QED) is 0.302. The number of halogens is 1. The van der Waals surface area contributed by atoms with Gasteiger partial charge in [-0.2, -0.15) is 0 Å². The van der Waals surface area contributed by atoms with E-state index in [2.05, 4.69) is 6.92 Å². The number of fused-ring (bicyclic) bond motifs is 1. The fraction of sp³-hybridized carbons (Fsp3) is 0.423. The van der Waals surface area contributed by atoms with Crippen molar-refractivity contribution in [1.82, 2.24) is 0 Å². The Morgan fingerprint density at radius 1 is 0.833 bits per heavy atom. The van der Waals surface area contributed by atoms with E-state index in [0.717, 1.165) is 63.2 Å². The summed E-state index contributed by atoms with van der Waals surface area (Å²) in [6, 6.07) is 10.1. The molecule has 0 saturated carbocycles. The molecule has 0 saturated heterocycles. The molecule has 0 N–H and O–H groups in total. The molecule has 36 heavy (non-hydrogen) atoms. The Kier molecular flexibility index (Phi) is 11.0. The van der Waals surface area contributed by atoms with Gasteiger partial charge >= 0.3 is 5.43 Å². The third kappa shape index (κ3) is 8.11. The van der Waals surface area contributed by atoms with Crippen molar-refractivity contribution in [1.29, 1.82) is 0 Å². The van der Waals surface area contributed by atoms with E-state index in [0.29, 0.717) is 25.6 Å². The Bertz CT molecular complexity index is 1210. The Balaban J connectivity index is 0.000000830. The summed E-state index contributed by atoms with van der Waals surface area (Å²) >= 11 is 0. The second kappa shape index (κ2) is 13.5. The van der Waals surface area contributed by atoms with Gasteiger partial charge in [0, 0.05) is 6.92 Å². The number of aryl methyl sites for hydroxylation is 2. The highest BCUT2D eigenvalue weighted by Crippen LogP contribution is 2.36. The van der Waals surface area contributed by atoms with E-state index in [9.17, 15) is 0 Å². The molecule has 3 aromatic rings. The summed E-state index contributed by atoms with van der Waals surface area (Å²) < 4.78 is 63.5. The monoisotopic (exact) mass is 524 g/mol. The fourth-order valence-corrected chi connectivity index (χ4v) is 3.74. The third-order valence-electron chi connectivity index (χ3n) is 5.18. The molecule has 0 amide bonds. The first-order valence-corrected chi connectivity index (χ1v) is 12.9. The van der Waals surface area contributed by atoms with Crippen molar-refractivity contribution in [2.45, 2.75) is 47.5 Å². The number of benzene rings is 1. The van der Waals surface area contributed by atoms with Crippen LogP contribution < -0.4 is 38.3 Å². The van der Waals surface area contributed by atoms with Crippen molar-refractivity contribution < 1.29 is 47.5 Å². The summed E-state index contributed by atoms with van der Waals surface area (Å²) in [6.07, 6.45) is 2.09. The normalized spacial score (nSPS) is 11.8. The van der Waals surface area contributed by atoms with E-state index < -0.39 is 10.2 Å². The average Bonchev–Trinajstić information content (AvgIpc) is 2.99. The van der Waals surface area contributed by atoms with Crippen LogP contribution in [0.1, 0.15) is 45.1 Å². The molecular formula is C26H33ClO9. The molecule has 0 fully saturated rings. The lowest BCUT2D eigenvalue weighted by Crippen LogP contribution is -2.68. The molecular weight excluding hydrogens is 492 g/mol. The van der Waals surface area contributed by atoms with E-state index >= 15 is 0 Å². The zero-order valence-electron chi connectivity index (χ0n) is 21.5. The van der Waals surface area contributed by atoms with Gasteiger partial charge in [-0.3, -0.25) is 4.42 Å². The largest absolute Gasteiger partial charge is 0.493 e. The summed E-state index contributed by atoms with van der Waals surface area (Å²) in [4.78, 5) is 0. The third-order valence-corrected chi connectivity index (χ3v) is 5.18. The van der Waals surface area contributed by atoms with E-state index in [1.54, 1.807) is 7.11 Å². The van der Waals surface area contributed by atoms with Crippen molar-refractivity contribution in [2.75, 3.05) is 26.9 Å². The maximum absolute atomic E-state index is 8.49. The predicted molar refractivity (Wildman–Crippen MR) is 126 cm³/mol. The smallest absolute Gasteiger partial charge is 0.355 e. The molecule has 0 aliphatic carbocycles. The minimum Gasteiger partial charge on any atom is -0.493 e. The Morgan fingerprint density at radius 3 is 2.06 bits per heavy atom. The maximum Gasteiger partial charge on any atom is 0.355 e. The van der Waals surface area contributed by atoms with Gasteiger partial charge in [-0.1, -0.05) is 19.4 Å². The standard InChI is InChI=1S/C26H33O5.ClHO4/c1-7-10-13-30-21-12-11-19(14-22(21)27-6)20-15-23(28-8-2)25-17(4)31-18(5)26(25)24(16-20)29-9-3;2-1(3,4)5/h11-12,14-16H,7-10,13H2,1-6H3;(H,2,3,4,5)/q+1;/p-1. The number of hydrogen-bond acceptors (Lipinski definition) is 8. The van der Waals surface area contributed by atoms with Gasteiger partial charge in [0.15, 0.2) is 11.5 Å². The molecule has 0 atom stereocenters. The van der Waals surface area contributed by atoms with Gasteiger partial charge in [-0.15, -0.1) is 10.2 Å². The zero-order chi connectivity index (χ0) is 26.9. The highest BCUT2D eigenvalue weighted by molar-refractivity contribution is 5.93. The molecule has 0 unspecified atom stereocenters. The van der Waals surface area contributed by atoms with E-state index in [1.807, 2.05) is 58.0 Å². The van der Waals surface area contributed by atoms with Crippen LogP contribution in [0.25, 0.3) is 21.9 Å². The first-order chi connectivity index (χ1) is 17.0. The summed E-state index contributed by atoms with van der Waals surface area (Å²) in [5, 5.41) is 1.89. The Morgan fingerprint density at radius 2 is 1.47 bits per heavy atom. The molecule has 198 valence electrons. The van der Waals surface area contributed by atoms with Gasteiger partial charge in [0.05, 0.1) is 31.8 Å². The number of methoxy groups -OCH3 is 1. The molecule has 0 bridgehead atoms. The van der Waals surface area contributed by atoms with Crippen LogP contribution in [0.2, 0.25) is 0 Å². The van der Waals surface area contributed by atoms with Crippen LogP contribution in [-0.4, -0.2) is 26.9 Å². The van der Waals surface area contributed by atoms with Gasteiger partial charge in [-0.05, 0) is 56.5 Å². The second-order valence-corrected chi connectivity index (χ2v) is 8.50. The summed E-state index contributed by atoms with van der Waals surface area (Å²) in [5.74, 6) is 3.86.